The molecule has 0 atom stereocenters. The van der Waals surface area contributed by atoms with Gasteiger partial charge in [-0.3, -0.25) is 9.59 Å². The zero-order chi connectivity index (χ0) is 20.8. The molecule has 3 rings (SSSR count). The van der Waals surface area contributed by atoms with Crippen molar-refractivity contribution in [2.24, 2.45) is 0 Å². The molecule has 0 spiro atoms. The summed E-state index contributed by atoms with van der Waals surface area (Å²) < 4.78 is 0. The van der Waals surface area contributed by atoms with Gasteiger partial charge in [-0.2, -0.15) is 0 Å². The molecule has 5 nitrogen and oxygen atoms in total. The molecule has 0 unspecified atom stereocenters. The van der Waals surface area contributed by atoms with E-state index >= 15 is 0 Å². The summed E-state index contributed by atoms with van der Waals surface area (Å²) in [7, 11) is 0. The summed E-state index contributed by atoms with van der Waals surface area (Å²) in [5.41, 5.74) is 2.65. The monoisotopic (exact) mass is 433 g/mol. The summed E-state index contributed by atoms with van der Waals surface area (Å²) in [6.45, 7) is 1.95. The van der Waals surface area contributed by atoms with Gasteiger partial charge in [0.25, 0.3) is 5.91 Å². The highest BCUT2D eigenvalue weighted by Crippen LogP contribution is 2.23. The summed E-state index contributed by atoms with van der Waals surface area (Å²) in [4.78, 5) is 24.8. The van der Waals surface area contributed by atoms with Crippen molar-refractivity contribution in [1.29, 1.82) is 0 Å². The lowest BCUT2D eigenvalue weighted by Gasteiger charge is -2.23. The third-order valence-electron chi connectivity index (χ3n) is 5.06. The summed E-state index contributed by atoms with van der Waals surface area (Å²) in [5, 5.41) is 9.88. The fourth-order valence-corrected chi connectivity index (χ4v) is 3.76. The Morgan fingerprint density at radius 1 is 0.966 bits per heavy atom. The lowest BCUT2D eigenvalue weighted by Crippen LogP contribution is -2.36. The highest BCUT2D eigenvalue weighted by Gasteiger charge is 2.18. The molecule has 1 fully saturated rings. The van der Waals surface area contributed by atoms with Gasteiger partial charge in [-0.25, -0.2) is 0 Å². The van der Waals surface area contributed by atoms with Crippen molar-refractivity contribution in [1.82, 2.24) is 5.32 Å². The number of rotatable bonds is 6. The maximum Gasteiger partial charge on any atom is 0.253 e. The van der Waals surface area contributed by atoms with E-state index in [-0.39, 0.29) is 24.4 Å². The topological polar surface area (TPSA) is 70.2 Å². The van der Waals surface area contributed by atoms with Gasteiger partial charge in [0, 0.05) is 22.4 Å². The average Bonchev–Trinajstić information content (AvgIpc) is 2.71. The highest BCUT2D eigenvalue weighted by molar-refractivity contribution is 6.34. The Hall–Kier alpha value is -2.24. The van der Waals surface area contributed by atoms with E-state index in [1.807, 2.05) is 13.0 Å². The maximum atomic E-state index is 12.6. The van der Waals surface area contributed by atoms with Crippen LogP contribution in [0.5, 0.6) is 0 Å². The number of benzene rings is 2. The molecule has 1 aliphatic carbocycles. The number of hydrogen-bond acceptors (Lipinski definition) is 3. The molecule has 1 saturated carbocycles. The Morgan fingerprint density at radius 2 is 1.69 bits per heavy atom. The third kappa shape index (κ3) is 6.12. The summed E-state index contributed by atoms with van der Waals surface area (Å²) in [5.74, 6) is -0.391. The molecular weight excluding hydrogens is 409 g/mol. The van der Waals surface area contributed by atoms with Crippen LogP contribution in [0.1, 0.15) is 48.0 Å². The van der Waals surface area contributed by atoms with E-state index in [1.54, 1.807) is 30.3 Å². The van der Waals surface area contributed by atoms with Gasteiger partial charge >= 0.3 is 0 Å². The molecule has 154 valence electrons. The van der Waals surface area contributed by atoms with Gasteiger partial charge < -0.3 is 16.0 Å². The minimum atomic E-state index is -0.215. The molecule has 7 heteroatoms. The minimum absolute atomic E-state index is 0.0524. The molecule has 1 aliphatic rings. The van der Waals surface area contributed by atoms with Gasteiger partial charge in [-0.15, -0.1) is 0 Å². The maximum absolute atomic E-state index is 12.6. The second-order valence-corrected chi connectivity index (χ2v) is 8.18. The van der Waals surface area contributed by atoms with Crippen LogP contribution in [-0.2, 0) is 4.79 Å². The van der Waals surface area contributed by atoms with Crippen LogP contribution in [0.4, 0.5) is 11.4 Å². The Balaban J connectivity index is 1.57. The predicted molar refractivity (Wildman–Crippen MR) is 119 cm³/mol. The Bertz CT molecular complexity index is 896. The number of aryl methyl sites for hydroxylation is 1. The fourth-order valence-electron chi connectivity index (χ4n) is 3.38. The molecule has 2 amide bonds. The molecule has 3 N–H and O–H groups in total. The first kappa shape index (κ1) is 21.5. The number of carbonyl (C=O) groups is 2. The second kappa shape index (κ2) is 9.99. The quantitative estimate of drug-likeness (QED) is 0.569. The van der Waals surface area contributed by atoms with Crippen LogP contribution >= 0.6 is 23.2 Å². The summed E-state index contributed by atoms with van der Waals surface area (Å²) in [6, 6.07) is 10.7. The number of halogens is 2. The molecule has 0 radical (unpaired) electrons. The first-order chi connectivity index (χ1) is 13.9. The standard InChI is InChI=1S/C22H25Cl2N3O2/c1-14-7-8-17(12-20(14)24)26-21(28)13-25-16-9-10-19(23)18(11-16)22(29)27-15-5-3-2-4-6-15/h7-12,15,25H,2-6,13H2,1H3,(H,26,28)(H,27,29). The summed E-state index contributed by atoms with van der Waals surface area (Å²) in [6.07, 6.45) is 5.52. The van der Waals surface area contributed by atoms with E-state index < -0.39 is 0 Å². The predicted octanol–water partition coefficient (Wildman–Crippen LogP) is 5.41. The first-order valence-corrected chi connectivity index (χ1v) is 10.6. The molecule has 0 heterocycles. The van der Waals surface area contributed by atoms with Gasteiger partial charge in [0.15, 0.2) is 0 Å². The van der Waals surface area contributed by atoms with Crippen LogP contribution in [0, 0.1) is 6.92 Å². The van der Waals surface area contributed by atoms with Crippen molar-refractivity contribution in [2.75, 3.05) is 17.2 Å². The first-order valence-electron chi connectivity index (χ1n) is 9.82. The van der Waals surface area contributed by atoms with Gasteiger partial charge in [0.05, 0.1) is 17.1 Å². The molecule has 29 heavy (non-hydrogen) atoms. The van der Waals surface area contributed by atoms with Crippen LogP contribution in [-0.4, -0.2) is 24.4 Å². The SMILES string of the molecule is Cc1ccc(NC(=O)CNc2ccc(Cl)c(C(=O)NC3CCCCC3)c2)cc1Cl. The number of nitrogens with one attached hydrogen (secondary N) is 3. The second-order valence-electron chi connectivity index (χ2n) is 7.37. The van der Waals surface area contributed by atoms with E-state index in [1.165, 1.54) is 6.42 Å². The molecule has 0 aromatic heterocycles. The summed E-state index contributed by atoms with van der Waals surface area (Å²) >= 11 is 12.3. The smallest absolute Gasteiger partial charge is 0.253 e. The third-order valence-corrected chi connectivity index (χ3v) is 5.80. The molecule has 0 bridgehead atoms. The highest BCUT2D eigenvalue weighted by atomic mass is 35.5. The number of hydrogen-bond donors (Lipinski definition) is 3. The molecular formula is C22H25Cl2N3O2. The van der Waals surface area contributed by atoms with Crippen molar-refractivity contribution >= 4 is 46.4 Å². The van der Waals surface area contributed by atoms with E-state index in [9.17, 15) is 9.59 Å². The van der Waals surface area contributed by atoms with Crippen LogP contribution < -0.4 is 16.0 Å². The average molecular weight is 434 g/mol. The largest absolute Gasteiger partial charge is 0.376 e. The Morgan fingerprint density at radius 3 is 2.41 bits per heavy atom. The Kier molecular flexibility index (Phi) is 7.40. The van der Waals surface area contributed by atoms with Gasteiger partial charge in [0.2, 0.25) is 5.91 Å². The van der Waals surface area contributed by atoms with Crippen LogP contribution in [0.3, 0.4) is 0 Å². The van der Waals surface area contributed by atoms with Gasteiger partial charge in [0.1, 0.15) is 0 Å². The van der Waals surface area contributed by atoms with Crippen LogP contribution in [0.25, 0.3) is 0 Å². The normalized spacial score (nSPS) is 14.3. The van der Waals surface area contributed by atoms with E-state index in [0.717, 1.165) is 31.2 Å². The van der Waals surface area contributed by atoms with Crippen molar-refractivity contribution in [2.45, 2.75) is 45.1 Å². The number of carbonyl (C=O) groups excluding carboxylic acids is 2. The fraction of sp³-hybridized carbons (Fsp3) is 0.364. The molecule has 0 saturated heterocycles. The molecule has 0 aliphatic heterocycles. The Labute approximate surface area is 181 Å². The van der Waals surface area contributed by atoms with Gasteiger partial charge in [-0.05, 0) is 55.7 Å². The van der Waals surface area contributed by atoms with E-state index in [0.29, 0.717) is 27.0 Å². The van der Waals surface area contributed by atoms with E-state index in [2.05, 4.69) is 16.0 Å². The lowest BCUT2D eigenvalue weighted by molar-refractivity contribution is -0.114. The van der Waals surface area contributed by atoms with Crippen molar-refractivity contribution in [3.05, 3.63) is 57.6 Å². The minimum Gasteiger partial charge on any atom is -0.376 e. The molecule has 2 aromatic carbocycles. The number of amides is 2. The van der Waals surface area contributed by atoms with Crippen LogP contribution in [0.15, 0.2) is 36.4 Å². The number of anilines is 2. The molecule has 2 aromatic rings. The van der Waals surface area contributed by atoms with E-state index in [4.69, 9.17) is 23.2 Å². The zero-order valence-corrected chi connectivity index (χ0v) is 17.9. The van der Waals surface area contributed by atoms with Crippen molar-refractivity contribution in [3.8, 4) is 0 Å². The lowest BCUT2D eigenvalue weighted by atomic mass is 9.95. The zero-order valence-electron chi connectivity index (χ0n) is 16.4. The van der Waals surface area contributed by atoms with Crippen LogP contribution in [0.2, 0.25) is 10.0 Å². The van der Waals surface area contributed by atoms with Crippen molar-refractivity contribution < 1.29 is 9.59 Å². The van der Waals surface area contributed by atoms with Crippen molar-refractivity contribution in [3.63, 3.8) is 0 Å². The van der Waals surface area contributed by atoms with Gasteiger partial charge in [-0.1, -0.05) is 48.5 Å².